The molecule has 0 aromatic rings. The number of carbonyl (C=O) groups is 3. The number of carboxylic acid groups (broad SMARTS) is 1. The topological polar surface area (TPSA) is 119 Å². The predicted molar refractivity (Wildman–Crippen MR) is 72.9 cm³/mol. The third-order valence-electron chi connectivity index (χ3n) is 2.66. The molecule has 0 radical (unpaired) electrons. The third-order valence-corrected chi connectivity index (χ3v) is 2.66. The van der Waals surface area contributed by atoms with Crippen LogP contribution in [0, 0.1) is 5.41 Å². The van der Waals surface area contributed by atoms with Crippen molar-refractivity contribution in [1.82, 2.24) is 5.32 Å². The molecule has 0 fully saturated rings. The van der Waals surface area contributed by atoms with E-state index in [1.807, 2.05) is 0 Å². The molecule has 7 heteroatoms. The molecule has 1 amide bonds. The van der Waals surface area contributed by atoms with Gasteiger partial charge in [-0.25, -0.2) is 9.59 Å². The van der Waals surface area contributed by atoms with E-state index in [2.05, 4.69) is 5.32 Å². The van der Waals surface area contributed by atoms with Crippen LogP contribution in [-0.2, 0) is 19.1 Å². The second-order valence-electron chi connectivity index (χ2n) is 5.68. The van der Waals surface area contributed by atoms with Crippen LogP contribution in [0.25, 0.3) is 0 Å². The number of rotatable bonds is 7. The molecular weight excluding hydrogens is 264 g/mol. The molecule has 0 saturated heterocycles. The SMILES string of the molecule is C[C@H](OC(=O)[C@@H](NC(=O)CCCN)C(C)(C)C)C(=O)O. The summed E-state index contributed by atoms with van der Waals surface area (Å²) in [5.41, 5.74) is 4.73. The number of nitrogens with two attached hydrogens (primary N) is 1. The van der Waals surface area contributed by atoms with Crippen LogP contribution in [0.3, 0.4) is 0 Å². The highest BCUT2D eigenvalue weighted by Crippen LogP contribution is 2.21. The summed E-state index contributed by atoms with van der Waals surface area (Å²) < 4.78 is 4.83. The number of ether oxygens (including phenoxy) is 1. The Balaban J connectivity index is 4.77. The lowest BCUT2D eigenvalue weighted by molar-refractivity contribution is -0.166. The van der Waals surface area contributed by atoms with Gasteiger partial charge in [0.2, 0.25) is 5.91 Å². The second-order valence-corrected chi connectivity index (χ2v) is 5.68. The highest BCUT2D eigenvalue weighted by atomic mass is 16.6. The van der Waals surface area contributed by atoms with Gasteiger partial charge in [-0.15, -0.1) is 0 Å². The standard InChI is InChI=1S/C13H24N2O5/c1-8(11(17)18)20-12(19)10(13(2,3)4)15-9(16)6-5-7-14/h8,10H,5-7,14H2,1-4H3,(H,15,16)(H,17,18)/t8-,10+/m0/s1. The molecule has 0 aliphatic heterocycles. The van der Waals surface area contributed by atoms with Gasteiger partial charge in [0.05, 0.1) is 0 Å². The molecule has 7 nitrogen and oxygen atoms in total. The van der Waals surface area contributed by atoms with Gasteiger partial charge >= 0.3 is 11.9 Å². The zero-order valence-corrected chi connectivity index (χ0v) is 12.4. The number of carbonyl (C=O) groups excluding carboxylic acids is 2. The molecule has 0 spiro atoms. The Morgan fingerprint density at radius 3 is 2.25 bits per heavy atom. The number of hydrogen-bond acceptors (Lipinski definition) is 5. The summed E-state index contributed by atoms with van der Waals surface area (Å²) in [4.78, 5) is 34.4. The molecule has 0 aliphatic carbocycles. The lowest BCUT2D eigenvalue weighted by atomic mass is 9.86. The molecule has 0 aromatic heterocycles. The smallest absolute Gasteiger partial charge is 0.344 e. The molecule has 0 aromatic carbocycles. The molecule has 0 rings (SSSR count). The summed E-state index contributed by atoms with van der Waals surface area (Å²) in [7, 11) is 0. The molecule has 0 unspecified atom stereocenters. The monoisotopic (exact) mass is 288 g/mol. The number of nitrogens with one attached hydrogen (secondary N) is 1. The minimum Gasteiger partial charge on any atom is -0.479 e. The van der Waals surface area contributed by atoms with E-state index >= 15 is 0 Å². The van der Waals surface area contributed by atoms with Gasteiger partial charge in [-0.3, -0.25) is 4.79 Å². The van der Waals surface area contributed by atoms with Crippen LogP contribution in [0.4, 0.5) is 0 Å². The number of esters is 1. The van der Waals surface area contributed by atoms with Crippen LogP contribution in [0.1, 0.15) is 40.5 Å². The molecule has 0 aliphatic rings. The summed E-state index contributed by atoms with van der Waals surface area (Å²) >= 11 is 0. The van der Waals surface area contributed by atoms with E-state index in [0.717, 1.165) is 0 Å². The van der Waals surface area contributed by atoms with Gasteiger partial charge in [0.25, 0.3) is 0 Å². The van der Waals surface area contributed by atoms with Crippen molar-refractivity contribution in [2.75, 3.05) is 6.54 Å². The average Bonchev–Trinajstić information content (AvgIpc) is 2.31. The maximum absolute atomic E-state index is 12.0. The van der Waals surface area contributed by atoms with E-state index in [0.29, 0.717) is 13.0 Å². The normalized spacial score (nSPS) is 14.2. The summed E-state index contributed by atoms with van der Waals surface area (Å²) in [5, 5.41) is 11.3. The molecule has 0 heterocycles. The minimum atomic E-state index is -1.26. The maximum Gasteiger partial charge on any atom is 0.344 e. The highest BCUT2D eigenvalue weighted by Gasteiger charge is 2.35. The first-order valence-electron chi connectivity index (χ1n) is 6.52. The summed E-state index contributed by atoms with van der Waals surface area (Å²) in [6.07, 6.45) is -0.526. The van der Waals surface area contributed by atoms with Gasteiger partial charge in [0.15, 0.2) is 6.10 Å². The van der Waals surface area contributed by atoms with E-state index < -0.39 is 29.5 Å². The number of hydrogen-bond donors (Lipinski definition) is 3. The van der Waals surface area contributed by atoms with Crippen molar-refractivity contribution in [2.24, 2.45) is 11.1 Å². The van der Waals surface area contributed by atoms with Crippen LogP contribution >= 0.6 is 0 Å². The first-order chi connectivity index (χ1) is 9.09. The number of aliphatic carboxylic acids is 1. The van der Waals surface area contributed by atoms with Crippen molar-refractivity contribution in [3.8, 4) is 0 Å². The van der Waals surface area contributed by atoms with E-state index in [-0.39, 0.29) is 12.3 Å². The van der Waals surface area contributed by atoms with Crippen LogP contribution < -0.4 is 11.1 Å². The summed E-state index contributed by atoms with van der Waals surface area (Å²) in [5.74, 6) is -2.30. The fourth-order valence-corrected chi connectivity index (χ4v) is 1.42. The van der Waals surface area contributed by atoms with Crippen LogP contribution in [-0.4, -0.2) is 41.6 Å². The van der Waals surface area contributed by atoms with Crippen molar-refractivity contribution >= 4 is 17.8 Å². The lowest BCUT2D eigenvalue weighted by Crippen LogP contribution is -2.51. The fraction of sp³-hybridized carbons (Fsp3) is 0.769. The third kappa shape index (κ3) is 6.51. The fourth-order valence-electron chi connectivity index (χ4n) is 1.42. The zero-order valence-electron chi connectivity index (χ0n) is 12.4. The maximum atomic E-state index is 12.0. The first-order valence-corrected chi connectivity index (χ1v) is 6.52. The van der Waals surface area contributed by atoms with E-state index in [1.54, 1.807) is 20.8 Å². The summed E-state index contributed by atoms with van der Waals surface area (Å²) in [6.45, 7) is 6.92. The average molecular weight is 288 g/mol. The van der Waals surface area contributed by atoms with Gasteiger partial charge in [0.1, 0.15) is 6.04 Å². The zero-order chi connectivity index (χ0) is 15.9. The molecule has 0 bridgehead atoms. The van der Waals surface area contributed by atoms with Gasteiger partial charge < -0.3 is 20.9 Å². The predicted octanol–water partition coefficient (Wildman–Crippen LogP) is 0.273. The Kier molecular flexibility index (Phi) is 7.20. The largest absolute Gasteiger partial charge is 0.479 e. The Bertz CT molecular complexity index is 362. The first kappa shape index (κ1) is 18.4. The molecule has 116 valence electrons. The van der Waals surface area contributed by atoms with Crippen LogP contribution in [0.15, 0.2) is 0 Å². The Hall–Kier alpha value is -1.63. The van der Waals surface area contributed by atoms with Gasteiger partial charge in [0, 0.05) is 6.42 Å². The van der Waals surface area contributed by atoms with Crippen molar-refractivity contribution in [3.63, 3.8) is 0 Å². The second kappa shape index (κ2) is 7.84. The van der Waals surface area contributed by atoms with Gasteiger partial charge in [-0.05, 0) is 25.3 Å². The highest BCUT2D eigenvalue weighted by molar-refractivity contribution is 5.86. The van der Waals surface area contributed by atoms with Crippen molar-refractivity contribution < 1.29 is 24.2 Å². The van der Waals surface area contributed by atoms with E-state index in [1.165, 1.54) is 6.92 Å². The Morgan fingerprint density at radius 1 is 1.30 bits per heavy atom. The van der Waals surface area contributed by atoms with Gasteiger partial charge in [-0.1, -0.05) is 20.8 Å². The van der Waals surface area contributed by atoms with Crippen LogP contribution in [0.5, 0.6) is 0 Å². The molecule has 0 saturated carbocycles. The minimum absolute atomic E-state index is 0.213. The Labute approximate surface area is 118 Å². The van der Waals surface area contributed by atoms with Crippen molar-refractivity contribution in [1.29, 1.82) is 0 Å². The molecule has 20 heavy (non-hydrogen) atoms. The van der Waals surface area contributed by atoms with E-state index in [4.69, 9.17) is 15.6 Å². The molecule has 4 N–H and O–H groups in total. The molecular formula is C13H24N2O5. The van der Waals surface area contributed by atoms with Crippen LogP contribution in [0.2, 0.25) is 0 Å². The number of amides is 1. The van der Waals surface area contributed by atoms with E-state index in [9.17, 15) is 14.4 Å². The van der Waals surface area contributed by atoms with Gasteiger partial charge in [-0.2, -0.15) is 0 Å². The van der Waals surface area contributed by atoms with Crippen molar-refractivity contribution in [3.05, 3.63) is 0 Å². The van der Waals surface area contributed by atoms with Crippen molar-refractivity contribution in [2.45, 2.75) is 52.7 Å². The summed E-state index contributed by atoms with van der Waals surface area (Å²) in [6, 6.07) is -0.908. The molecule has 2 atom stereocenters. The lowest BCUT2D eigenvalue weighted by Gasteiger charge is -2.30. The quantitative estimate of drug-likeness (QED) is 0.579. The number of carboxylic acids is 1. The Morgan fingerprint density at radius 2 is 1.85 bits per heavy atom.